The fraction of sp³-hybridized carbons (Fsp3) is 0.455. The van der Waals surface area contributed by atoms with Gasteiger partial charge in [-0.05, 0) is 74.9 Å². The zero-order valence-corrected chi connectivity index (χ0v) is 18.4. The van der Waals surface area contributed by atoms with Gasteiger partial charge in [0, 0.05) is 12.1 Å². The van der Waals surface area contributed by atoms with Gasteiger partial charge in [0.2, 0.25) is 0 Å². The standard InChI is InChI=1S/C22H25Cl2NO2S/c1-14-3-7-17(8-4-14)28(26,27)13-19-18(12-16-6-10-22(19)25(16)2)15-5-9-20(23)21(24)11-15/h3-5,7-9,11,16,18-19,22H,6,10,12-13H2,1-2H3. The Morgan fingerprint density at radius 1 is 1.04 bits per heavy atom. The predicted molar refractivity (Wildman–Crippen MR) is 115 cm³/mol. The fourth-order valence-electron chi connectivity index (χ4n) is 5.03. The summed E-state index contributed by atoms with van der Waals surface area (Å²) in [6.07, 6.45) is 3.13. The number of benzene rings is 2. The molecule has 2 heterocycles. The Kier molecular flexibility index (Phi) is 5.51. The van der Waals surface area contributed by atoms with Crippen LogP contribution in [0.25, 0.3) is 0 Å². The summed E-state index contributed by atoms with van der Waals surface area (Å²) in [6.45, 7) is 1.96. The summed E-state index contributed by atoms with van der Waals surface area (Å²) in [5, 5.41) is 1.07. The van der Waals surface area contributed by atoms with Crippen LogP contribution in [0.15, 0.2) is 47.4 Å². The number of aryl methyl sites for hydroxylation is 1. The number of piperidine rings is 1. The van der Waals surface area contributed by atoms with Crippen LogP contribution in [0.2, 0.25) is 10.0 Å². The van der Waals surface area contributed by atoms with E-state index in [-0.39, 0.29) is 23.6 Å². The molecule has 3 nitrogen and oxygen atoms in total. The minimum atomic E-state index is -3.37. The largest absolute Gasteiger partial charge is 0.300 e. The minimum Gasteiger partial charge on any atom is -0.300 e. The smallest absolute Gasteiger partial charge is 0.178 e. The van der Waals surface area contributed by atoms with E-state index in [9.17, 15) is 8.42 Å². The normalized spacial score (nSPS) is 27.9. The van der Waals surface area contributed by atoms with Crippen molar-refractivity contribution in [2.24, 2.45) is 5.92 Å². The van der Waals surface area contributed by atoms with Gasteiger partial charge in [-0.15, -0.1) is 0 Å². The first-order chi connectivity index (χ1) is 13.3. The highest BCUT2D eigenvalue weighted by Gasteiger charge is 2.47. The van der Waals surface area contributed by atoms with Crippen molar-refractivity contribution in [1.29, 1.82) is 0 Å². The Labute approximate surface area is 177 Å². The number of hydrogen-bond acceptors (Lipinski definition) is 3. The Morgan fingerprint density at radius 3 is 2.43 bits per heavy atom. The van der Waals surface area contributed by atoms with E-state index in [0.717, 1.165) is 30.4 Å². The first-order valence-electron chi connectivity index (χ1n) is 9.72. The number of fused-ring (bicyclic) bond motifs is 2. The molecule has 4 rings (SSSR count). The van der Waals surface area contributed by atoms with Gasteiger partial charge in [-0.3, -0.25) is 0 Å². The fourth-order valence-corrected chi connectivity index (χ4v) is 7.04. The Balaban J connectivity index is 1.69. The molecule has 2 aromatic rings. The summed E-state index contributed by atoms with van der Waals surface area (Å²) in [6, 6.07) is 13.7. The van der Waals surface area contributed by atoms with Crippen molar-refractivity contribution in [3.63, 3.8) is 0 Å². The third-order valence-electron chi connectivity index (χ3n) is 6.60. The monoisotopic (exact) mass is 437 g/mol. The number of halogens is 2. The van der Waals surface area contributed by atoms with Crippen molar-refractivity contribution in [3.05, 3.63) is 63.6 Å². The van der Waals surface area contributed by atoms with Gasteiger partial charge in [-0.1, -0.05) is 47.0 Å². The van der Waals surface area contributed by atoms with Crippen molar-refractivity contribution in [3.8, 4) is 0 Å². The van der Waals surface area contributed by atoms with E-state index < -0.39 is 9.84 Å². The zero-order chi connectivity index (χ0) is 20.1. The van der Waals surface area contributed by atoms with Gasteiger partial charge in [0.15, 0.2) is 9.84 Å². The molecule has 2 saturated heterocycles. The lowest BCUT2D eigenvalue weighted by molar-refractivity contribution is 0.111. The molecule has 0 aliphatic carbocycles. The van der Waals surface area contributed by atoms with E-state index in [1.54, 1.807) is 12.1 Å². The lowest BCUT2D eigenvalue weighted by Crippen LogP contribution is -2.48. The molecule has 150 valence electrons. The lowest BCUT2D eigenvalue weighted by atomic mass is 9.77. The molecule has 0 amide bonds. The Bertz CT molecular complexity index is 975. The van der Waals surface area contributed by atoms with Gasteiger partial charge in [-0.2, -0.15) is 0 Å². The quantitative estimate of drug-likeness (QED) is 0.647. The number of hydrogen-bond donors (Lipinski definition) is 0. The summed E-state index contributed by atoms with van der Waals surface area (Å²) in [4.78, 5) is 2.80. The highest BCUT2D eigenvalue weighted by atomic mass is 35.5. The molecule has 2 aliphatic rings. The van der Waals surface area contributed by atoms with Crippen molar-refractivity contribution in [2.45, 2.75) is 49.1 Å². The van der Waals surface area contributed by atoms with Gasteiger partial charge in [0.25, 0.3) is 0 Å². The molecule has 2 bridgehead atoms. The van der Waals surface area contributed by atoms with Crippen molar-refractivity contribution in [1.82, 2.24) is 4.90 Å². The summed E-state index contributed by atoms with van der Waals surface area (Å²) in [7, 11) is -1.23. The maximum absolute atomic E-state index is 13.2. The van der Waals surface area contributed by atoms with Crippen LogP contribution < -0.4 is 0 Å². The summed E-state index contributed by atoms with van der Waals surface area (Å²) in [5.74, 6) is 0.360. The first kappa shape index (κ1) is 20.2. The Hall–Kier alpha value is -1.07. The molecular formula is C22H25Cl2NO2S. The number of rotatable bonds is 4. The van der Waals surface area contributed by atoms with E-state index >= 15 is 0 Å². The summed E-state index contributed by atoms with van der Waals surface area (Å²) in [5.41, 5.74) is 2.16. The van der Waals surface area contributed by atoms with Crippen LogP contribution in [-0.4, -0.2) is 38.2 Å². The van der Waals surface area contributed by atoms with E-state index in [0.29, 0.717) is 21.0 Å². The first-order valence-corrected chi connectivity index (χ1v) is 12.1. The SMILES string of the molecule is Cc1ccc(S(=O)(=O)CC2C(c3ccc(Cl)c(Cl)c3)CC3CCC2N3C)cc1. The van der Waals surface area contributed by atoms with Crippen LogP contribution in [0.1, 0.15) is 36.3 Å². The molecule has 0 spiro atoms. The average Bonchev–Trinajstić information content (AvgIpc) is 2.90. The van der Waals surface area contributed by atoms with E-state index in [1.165, 1.54) is 0 Å². The van der Waals surface area contributed by atoms with Gasteiger partial charge >= 0.3 is 0 Å². The second kappa shape index (κ2) is 7.64. The molecule has 2 aromatic carbocycles. The number of nitrogens with zero attached hydrogens (tertiary/aromatic N) is 1. The van der Waals surface area contributed by atoms with Crippen molar-refractivity contribution in [2.75, 3.05) is 12.8 Å². The second-order valence-electron chi connectivity index (χ2n) is 8.24. The van der Waals surface area contributed by atoms with Gasteiger partial charge in [0.05, 0.1) is 20.7 Å². The van der Waals surface area contributed by atoms with Crippen LogP contribution in [0.4, 0.5) is 0 Å². The molecule has 0 N–H and O–H groups in total. The highest BCUT2D eigenvalue weighted by Crippen LogP contribution is 2.47. The molecule has 2 aliphatic heterocycles. The highest BCUT2D eigenvalue weighted by molar-refractivity contribution is 7.91. The maximum atomic E-state index is 13.2. The molecule has 4 unspecified atom stereocenters. The van der Waals surface area contributed by atoms with Crippen LogP contribution in [0.3, 0.4) is 0 Å². The molecule has 2 fully saturated rings. The third-order valence-corrected chi connectivity index (χ3v) is 9.15. The second-order valence-corrected chi connectivity index (χ2v) is 11.1. The van der Waals surface area contributed by atoms with Crippen molar-refractivity contribution >= 4 is 33.0 Å². The van der Waals surface area contributed by atoms with Crippen LogP contribution in [0.5, 0.6) is 0 Å². The van der Waals surface area contributed by atoms with Crippen LogP contribution >= 0.6 is 23.2 Å². The van der Waals surface area contributed by atoms with Crippen molar-refractivity contribution < 1.29 is 8.42 Å². The van der Waals surface area contributed by atoms with Gasteiger partial charge < -0.3 is 4.90 Å². The van der Waals surface area contributed by atoms with E-state index in [4.69, 9.17) is 23.2 Å². The topological polar surface area (TPSA) is 37.4 Å². The van der Waals surface area contributed by atoms with Crippen LogP contribution in [-0.2, 0) is 9.84 Å². The molecule has 4 atom stereocenters. The van der Waals surface area contributed by atoms with E-state index in [1.807, 2.05) is 37.3 Å². The zero-order valence-electron chi connectivity index (χ0n) is 16.1. The maximum Gasteiger partial charge on any atom is 0.178 e. The molecular weight excluding hydrogens is 413 g/mol. The average molecular weight is 438 g/mol. The molecule has 0 saturated carbocycles. The van der Waals surface area contributed by atoms with Crippen LogP contribution in [0, 0.1) is 12.8 Å². The molecule has 0 aromatic heterocycles. The molecule has 28 heavy (non-hydrogen) atoms. The minimum absolute atomic E-state index is 0.0345. The number of sulfone groups is 1. The third kappa shape index (κ3) is 3.72. The lowest BCUT2D eigenvalue weighted by Gasteiger charge is -2.43. The molecule has 0 radical (unpaired) electrons. The van der Waals surface area contributed by atoms with Gasteiger partial charge in [-0.25, -0.2) is 8.42 Å². The summed E-state index contributed by atoms with van der Waals surface area (Å²) >= 11 is 12.4. The van der Waals surface area contributed by atoms with E-state index in [2.05, 4.69) is 11.9 Å². The molecule has 6 heteroatoms. The summed E-state index contributed by atoms with van der Waals surface area (Å²) < 4.78 is 26.5. The Morgan fingerprint density at radius 2 is 1.75 bits per heavy atom. The predicted octanol–water partition coefficient (Wildman–Crippen LogP) is 5.34. The van der Waals surface area contributed by atoms with Gasteiger partial charge in [0.1, 0.15) is 0 Å².